The Balaban J connectivity index is 1.66. The van der Waals surface area contributed by atoms with Gasteiger partial charge >= 0.3 is 0 Å². The quantitative estimate of drug-likeness (QED) is 0.706. The molecule has 1 atom stereocenters. The molecule has 1 saturated heterocycles. The predicted octanol–water partition coefficient (Wildman–Crippen LogP) is 0.00650. The van der Waals surface area contributed by atoms with Gasteiger partial charge in [-0.25, -0.2) is 8.42 Å². The first-order valence-corrected chi connectivity index (χ1v) is 10.6. The van der Waals surface area contributed by atoms with Crippen LogP contribution in [0.25, 0.3) is 0 Å². The van der Waals surface area contributed by atoms with Crippen molar-refractivity contribution in [2.45, 2.75) is 30.7 Å². The number of sulfonamides is 1. The Labute approximate surface area is 159 Å². The molecule has 3 rings (SSSR count). The Hall–Kier alpha value is -1.97. The zero-order valence-corrected chi connectivity index (χ0v) is 16.2. The van der Waals surface area contributed by atoms with Gasteiger partial charge in [0, 0.05) is 51.3 Å². The second-order valence-corrected chi connectivity index (χ2v) is 9.09. The van der Waals surface area contributed by atoms with Crippen molar-refractivity contribution < 1.29 is 18.0 Å². The number of hydrogen-bond donors (Lipinski definition) is 2. The van der Waals surface area contributed by atoms with Crippen LogP contribution < -0.4 is 11.1 Å². The minimum absolute atomic E-state index is 0.0570. The molecule has 0 bridgehead atoms. The van der Waals surface area contributed by atoms with Gasteiger partial charge in [-0.1, -0.05) is 6.07 Å². The van der Waals surface area contributed by atoms with E-state index in [1.54, 1.807) is 17.0 Å². The van der Waals surface area contributed by atoms with E-state index in [9.17, 15) is 18.0 Å². The van der Waals surface area contributed by atoms with Gasteiger partial charge in [0.25, 0.3) is 5.91 Å². The third-order valence-corrected chi connectivity index (χ3v) is 7.04. The summed E-state index contributed by atoms with van der Waals surface area (Å²) in [6, 6.07) is 5.97. The molecule has 148 valence electrons. The number of benzene rings is 1. The Bertz CT molecular complexity index is 814. The van der Waals surface area contributed by atoms with Crippen LogP contribution in [-0.4, -0.2) is 68.2 Å². The van der Waals surface area contributed by atoms with Crippen molar-refractivity contribution in [3.8, 4) is 0 Å². The highest BCUT2D eigenvalue weighted by atomic mass is 32.2. The van der Waals surface area contributed by atoms with E-state index in [4.69, 9.17) is 5.73 Å². The molecule has 8 nitrogen and oxygen atoms in total. The summed E-state index contributed by atoms with van der Waals surface area (Å²) < 4.78 is 27.1. The molecule has 3 N–H and O–H groups in total. The fraction of sp³-hybridized carbons (Fsp3) is 0.556. The Morgan fingerprint density at radius 3 is 2.48 bits per heavy atom. The standard InChI is InChI=1S/C18H26N4O4S/c1-13(23)21-7-9-22(10-8-21)27(25,26)16-4-2-3-15(11-16)18(24)20-12-17(19)14-5-6-14/h2-4,11,14,17H,5-10,12,19H2,1H3,(H,20,24). The molecule has 2 fully saturated rings. The second-order valence-electron chi connectivity index (χ2n) is 7.15. The maximum Gasteiger partial charge on any atom is 0.251 e. The largest absolute Gasteiger partial charge is 0.350 e. The van der Waals surface area contributed by atoms with Gasteiger partial charge in [-0.3, -0.25) is 9.59 Å². The summed E-state index contributed by atoms with van der Waals surface area (Å²) >= 11 is 0. The lowest BCUT2D eigenvalue weighted by molar-refractivity contribution is -0.129. The first-order chi connectivity index (χ1) is 12.8. The number of nitrogens with one attached hydrogen (secondary N) is 1. The first-order valence-electron chi connectivity index (χ1n) is 9.18. The maximum absolute atomic E-state index is 12.9. The van der Waals surface area contributed by atoms with Gasteiger partial charge in [0.1, 0.15) is 0 Å². The normalized spacial score (nSPS) is 19.6. The summed E-state index contributed by atoms with van der Waals surface area (Å²) in [5, 5.41) is 2.78. The number of carbonyl (C=O) groups excluding carboxylic acids is 2. The third kappa shape index (κ3) is 4.66. The number of rotatable bonds is 6. The highest BCUT2D eigenvalue weighted by molar-refractivity contribution is 7.89. The fourth-order valence-corrected chi connectivity index (χ4v) is 4.66. The molecule has 2 amide bonds. The molecule has 1 aliphatic carbocycles. The summed E-state index contributed by atoms with van der Waals surface area (Å²) in [5.74, 6) is 0.0883. The number of nitrogens with two attached hydrogens (primary N) is 1. The van der Waals surface area contributed by atoms with Gasteiger partial charge in [-0.15, -0.1) is 0 Å². The molecule has 1 aromatic rings. The Morgan fingerprint density at radius 1 is 1.22 bits per heavy atom. The molecule has 0 spiro atoms. The monoisotopic (exact) mass is 394 g/mol. The SMILES string of the molecule is CC(=O)N1CCN(S(=O)(=O)c2cccc(C(=O)NCC(N)C3CC3)c2)CC1. The van der Waals surface area contributed by atoms with Crippen LogP contribution in [0, 0.1) is 5.92 Å². The van der Waals surface area contributed by atoms with Gasteiger partial charge in [-0.05, 0) is 37.0 Å². The second kappa shape index (κ2) is 7.95. The van der Waals surface area contributed by atoms with E-state index in [2.05, 4.69) is 5.32 Å². The predicted molar refractivity (Wildman–Crippen MR) is 100 cm³/mol. The minimum Gasteiger partial charge on any atom is -0.350 e. The zero-order chi connectivity index (χ0) is 19.6. The molecule has 9 heteroatoms. The topological polar surface area (TPSA) is 113 Å². The van der Waals surface area contributed by atoms with Crippen molar-refractivity contribution in [1.82, 2.24) is 14.5 Å². The van der Waals surface area contributed by atoms with Crippen molar-refractivity contribution in [1.29, 1.82) is 0 Å². The summed E-state index contributed by atoms with van der Waals surface area (Å²) in [5.41, 5.74) is 6.28. The lowest BCUT2D eigenvalue weighted by atomic mass is 10.2. The molecule has 1 unspecified atom stereocenters. The van der Waals surface area contributed by atoms with E-state index in [1.807, 2.05) is 0 Å². The maximum atomic E-state index is 12.9. The van der Waals surface area contributed by atoms with E-state index in [0.717, 1.165) is 12.8 Å². The average molecular weight is 394 g/mol. The van der Waals surface area contributed by atoms with E-state index < -0.39 is 10.0 Å². The van der Waals surface area contributed by atoms with Crippen LogP contribution >= 0.6 is 0 Å². The van der Waals surface area contributed by atoms with Crippen LogP contribution in [0.2, 0.25) is 0 Å². The smallest absolute Gasteiger partial charge is 0.251 e. The van der Waals surface area contributed by atoms with Crippen LogP contribution in [0.5, 0.6) is 0 Å². The van der Waals surface area contributed by atoms with Gasteiger partial charge in [0.15, 0.2) is 0 Å². The lowest BCUT2D eigenvalue weighted by Gasteiger charge is -2.33. The zero-order valence-electron chi connectivity index (χ0n) is 15.4. The summed E-state index contributed by atoms with van der Waals surface area (Å²) in [4.78, 5) is 25.5. The minimum atomic E-state index is -3.71. The van der Waals surface area contributed by atoms with E-state index in [0.29, 0.717) is 31.1 Å². The Kier molecular flexibility index (Phi) is 5.83. The molecule has 2 aliphatic rings. The lowest BCUT2D eigenvalue weighted by Crippen LogP contribution is -2.49. The molecular formula is C18H26N4O4S. The van der Waals surface area contributed by atoms with E-state index in [1.165, 1.54) is 23.4 Å². The molecule has 0 radical (unpaired) electrons. The van der Waals surface area contributed by atoms with Gasteiger partial charge in [0.2, 0.25) is 15.9 Å². The van der Waals surface area contributed by atoms with Crippen LogP contribution in [0.1, 0.15) is 30.1 Å². The number of piperazine rings is 1. The van der Waals surface area contributed by atoms with Crippen LogP contribution in [0.3, 0.4) is 0 Å². The van der Waals surface area contributed by atoms with Crippen LogP contribution in [0.4, 0.5) is 0 Å². The molecule has 0 aromatic heterocycles. The van der Waals surface area contributed by atoms with Gasteiger partial charge in [0.05, 0.1) is 4.90 Å². The Morgan fingerprint density at radius 2 is 1.89 bits per heavy atom. The molecule has 1 heterocycles. The van der Waals surface area contributed by atoms with Crippen molar-refractivity contribution in [3.63, 3.8) is 0 Å². The van der Waals surface area contributed by atoms with Crippen LogP contribution in [0.15, 0.2) is 29.2 Å². The van der Waals surface area contributed by atoms with Crippen LogP contribution in [-0.2, 0) is 14.8 Å². The van der Waals surface area contributed by atoms with Crippen molar-refractivity contribution >= 4 is 21.8 Å². The summed E-state index contributed by atoms with van der Waals surface area (Å²) in [6.07, 6.45) is 2.20. The van der Waals surface area contributed by atoms with E-state index in [-0.39, 0.29) is 35.8 Å². The number of nitrogens with zero attached hydrogens (tertiary/aromatic N) is 2. The third-order valence-electron chi connectivity index (χ3n) is 5.14. The fourth-order valence-electron chi connectivity index (χ4n) is 3.19. The van der Waals surface area contributed by atoms with Crippen molar-refractivity contribution in [3.05, 3.63) is 29.8 Å². The number of hydrogen-bond acceptors (Lipinski definition) is 5. The highest BCUT2D eigenvalue weighted by Gasteiger charge is 2.30. The molecule has 1 aliphatic heterocycles. The molecule has 27 heavy (non-hydrogen) atoms. The molecule has 1 saturated carbocycles. The van der Waals surface area contributed by atoms with Gasteiger partial charge in [-0.2, -0.15) is 4.31 Å². The highest BCUT2D eigenvalue weighted by Crippen LogP contribution is 2.31. The first kappa shape index (κ1) is 19.8. The van der Waals surface area contributed by atoms with Crippen molar-refractivity contribution in [2.75, 3.05) is 32.7 Å². The molecular weight excluding hydrogens is 368 g/mol. The summed E-state index contributed by atoms with van der Waals surface area (Å²) in [7, 11) is -3.71. The summed E-state index contributed by atoms with van der Waals surface area (Å²) in [6.45, 7) is 3.08. The molecule has 1 aromatic carbocycles. The van der Waals surface area contributed by atoms with Crippen molar-refractivity contribution in [2.24, 2.45) is 11.7 Å². The number of amides is 2. The number of carbonyl (C=O) groups is 2. The average Bonchev–Trinajstić information content (AvgIpc) is 3.51. The van der Waals surface area contributed by atoms with Gasteiger partial charge < -0.3 is 16.0 Å². The van der Waals surface area contributed by atoms with E-state index >= 15 is 0 Å².